The van der Waals surface area contributed by atoms with E-state index in [-0.39, 0.29) is 18.4 Å². The highest BCUT2D eigenvalue weighted by atomic mass is 16.5. The molecule has 1 fully saturated rings. The van der Waals surface area contributed by atoms with E-state index < -0.39 is 0 Å². The Morgan fingerprint density at radius 3 is 2.42 bits per heavy atom. The van der Waals surface area contributed by atoms with E-state index in [1.165, 1.54) is 0 Å². The number of hydrogen-bond acceptors (Lipinski definition) is 3. The van der Waals surface area contributed by atoms with Crippen molar-refractivity contribution in [3.63, 3.8) is 0 Å². The zero-order valence-corrected chi connectivity index (χ0v) is 19.0. The molecule has 1 aromatic carbocycles. The van der Waals surface area contributed by atoms with E-state index in [1.807, 2.05) is 53.9 Å². The van der Waals surface area contributed by atoms with E-state index in [1.54, 1.807) is 17.0 Å². The van der Waals surface area contributed by atoms with Gasteiger partial charge >= 0.3 is 0 Å². The van der Waals surface area contributed by atoms with Gasteiger partial charge < -0.3 is 19.1 Å². The fourth-order valence-electron chi connectivity index (χ4n) is 3.63. The second kappa shape index (κ2) is 11.0. The number of nitrogens with zero attached hydrogens (tertiary/aromatic N) is 3. The van der Waals surface area contributed by atoms with Gasteiger partial charge in [0.1, 0.15) is 12.3 Å². The summed E-state index contributed by atoms with van der Waals surface area (Å²) in [5.41, 5.74) is 1.69. The second-order valence-corrected chi connectivity index (χ2v) is 8.32. The molecule has 168 valence electrons. The van der Waals surface area contributed by atoms with Gasteiger partial charge in [0.05, 0.1) is 13.2 Å². The Morgan fingerprint density at radius 1 is 1.10 bits per heavy atom. The lowest BCUT2D eigenvalue weighted by molar-refractivity contribution is -0.133. The molecule has 0 radical (unpaired) electrons. The van der Waals surface area contributed by atoms with Gasteiger partial charge in [-0.2, -0.15) is 0 Å². The summed E-state index contributed by atoms with van der Waals surface area (Å²) in [7, 11) is 1.99. The third-order valence-electron chi connectivity index (χ3n) is 5.67. The third kappa shape index (κ3) is 6.36. The largest absolute Gasteiger partial charge is 0.494 e. The predicted molar refractivity (Wildman–Crippen MR) is 122 cm³/mol. The highest BCUT2D eigenvalue weighted by molar-refractivity contribution is 5.96. The van der Waals surface area contributed by atoms with Gasteiger partial charge in [-0.3, -0.25) is 9.59 Å². The topological polar surface area (TPSA) is 54.8 Å². The van der Waals surface area contributed by atoms with E-state index >= 15 is 0 Å². The fraction of sp³-hybridized carbons (Fsp3) is 0.520. The van der Waals surface area contributed by atoms with Crippen LogP contribution in [0.4, 0.5) is 0 Å². The van der Waals surface area contributed by atoms with Gasteiger partial charge in [-0.15, -0.1) is 0 Å². The zero-order chi connectivity index (χ0) is 22.2. The van der Waals surface area contributed by atoms with Gasteiger partial charge in [-0.25, -0.2) is 0 Å². The molecule has 1 aliphatic carbocycles. The average molecular weight is 426 g/mol. The van der Waals surface area contributed by atoms with E-state index in [2.05, 4.69) is 6.92 Å². The first kappa shape index (κ1) is 22.9. The maximum absolute atomic E-state index is 13.2. The number of aromatic nitrogens is 1. The smallest absolute Gasteiger partial charge is 0.254 e. The van der Waals surface area contributed by atoms with Crippen LogP contribution >= 0.6 is 0 Å². The van der Waals surface area contributed by atoms with Crippen LogP contribution in [-0.4, -0.2) is 51.9 Å². The molecule has 31 heavy (non-hydrogen) atoms. The minimum Gasteiger partial charge on any atom is -0.494 e. The van der Waals surface area contributed by atoms with Gasteiger partial charge in [0.15, 0.2) is 0 Å². The number of unbranched alkanes of at least 4 members (excludes halogenated alkanes) is 1. The number of benzene rings is 1. The van der Waals surface area contributed by atoms with Gasteiger partial charge in [0.2, 0.25) is 5.91 Å². The van der Waals surface area contributed by atoms with Crippen molar-refractivity contribution >= 4 is 11.8 Å². The SMILES string of the molecule is CCCCOc1ccc(C(=O)N(CCC)CC(=O)N(Cc2cccn2C)C2CC2)cc1. The maximum Gasteiger partial charge on any atom is 0.254 e. The molecule has 0 N–H and O–H groups in total. The Hall–Kier alpha value is -2.76. The van der Waals surface area contributed by atoms with Crippen molar-refractivity contribution in [2.24, 2.45) is 7.05 Å². The molecule has 1 saturated carbocycles. The van der Waals surface area contributed by atoms with Crippen molar-refractivity contribution in [1.82, 2.24) is 14.4 Å². The number of carbonyl (C=O) groups excluding carboxylic acids is 2. The average Bonchev–Trinajstić information content (AvgIpc) is 3.53. The first-order valence-corrected chi connectivity index (χ1v) is 11.4. The summed E-state index contributed by atoms with van der Waals surface area (Å²) in [6.07, 6.45) is 6.96. The molecule has 1 heterocycles. The van der Waals surface area contributed by atoms with Crippen LogP contribution < -0.4 is 4.74 Å². The normalized spacial score (nSPS) is 13.1. The lowest BCUT2D eigenvalue weighted by Crippen LogP contribution is -2.44. The number of amides is 2. The van der Waals surface area contributed by atoms with Crippen LogP contribution in [0.2, 0.25) is 0 Å². The molecule has 3 rings (SSSR count). The fourth-order valence-corrected chi connectivity index (χ4v) is 3.63. The summed E-state index contributed by atoms with van der Waals surface area (Å²) >= 11 is 0. The number of hydrogen-bond donors (Lipinski definition) is 0. The molecule has 0 atom stereocenters. The van der Waals surface area contributed by atoms with Gasteiger partial charge in [-0.1, -0.05) is 20.3 Å². The van der Waals surface area contributed by atoms with E-state index in [9.17, 15) is 9.59 Å². The Morgan fingerprint density at radius 2 is 1.84 bits per heavy atom. The molecular weight excluding hydrogens is 390 g/mol. The van der Waals surface area contributed by atoms with Crippen molar-refractivity contribution < 1.29 is 14.3 Å². The zero-order valence-electron chi connectivity index (χ0n) is 19.0. The Balaban J connectivity index is 1.65. The van der Waals surface area contributed by atoms with Crippen LogP contribution in [0.25, 0.3) is 0 Å². The number of ether oxygens (including phenoxy) is 1. The molecule has 6 heteroatoms. The van der Waals surface area contributed by atoms with Gasteiger partial charge in [0.25, 0.3) is 5.91 Å². The lowest BCUT2D eigenvalue weighted by atomic mass is 10.2. The lowest BCUT2D eigenvalue weighted by Gasteiger charge is -2.28. The van der Waals surface area contributed by atoms with Crippen LogP contribution in [-0.2, 0) is 18.4 Å². The van der Waals surface area contributed by atoms with E-state index in [0.29, 0.717) is 31.3 Å². The van der Waals surface area contributed by atoms with E-state index in [0.717, 1.165) is 43.5 Å². The summed E-state index contributed by atoms with van der Waals surface area (Å²) in [4.78, 5) is 29.9. The second-order valence-electron chi connectivity index (χ2n) is 8.32. The summed E-state index contributed by atoms with van der Waals surface area (Å²) in [6.45, 7) is 6.09. The molecular formula is C25H35N3O3. The molecule has 0 spiro atoms. The first-order valence-electron chi connectivity index (χ1n) is 11.4. The summed E-state index contributed by atoms with van der Waals surface area (Å²) in [5.74, 6) is 0.681. The molecule has 6 nitrogen and oxygen atoms in total. The first-order chi connectivity index (χ1) is 15.0. The highest BCUT2D eigenvalue weighted by Crippen LogP contribution is 2.28. The third-order valence-corrected chi connectivity index (χ3v) is 5.67. The van der Waals surface area contributed by atoms with Crippen LogP contribution in [0, 0.1) is 0 Å². The molecule has 0 saturated heterocycles. The number of carbonyl (C=O) groups is 2. The Kier molecular flexibility index (Phi) is 8.15. The van der Waals surface area contributed by atoms with Crippen LogP contribution in [0.3, 0.4) is 0 Å². The molecule has 1 aromatic heterocycles. The minimum atomic E-state index is -0.107. The molecule has 0 bridgehead atoms. The standard InChI is InChI=1S/C25H35N3O3/c1-4-6-17-31-23-13-9-20(10-14-23)25(30)27(15-5-2)19-24(29)28(21-11-12-21)18-22-8-7-16-26(22)3/h7-10,13-14,16,21H,4-6,11-12,15,17-19H2,1-3H3. The monoisotopic (exact) mass is 425 g/mol. The molecule has 1 aliphatic rings. The summed E-state index contributed by atoms with van der Waals surface area (Å²) < 4.78 is 7.73. The van der Waals surface area contributed by atoms with Crippen molar-refractivity contribution in [3.05, 3.63) is 53.9 Å². The quantitative estimate of drug-likeness (QED) is 0.478. The molecule has 0 aliphatic heterocycles. The van der Waals surface area contributed by atoms with Crippen molar-refractivity contribution in [1.29, 1.82) is 0 Å². The summed E-state index contributed by atoms with van der Waals surface area (Å²) in [5, 5.41) is 0. The van der Waals surface area contributed by atoms with Crippen LogP contribution in [0.15, 0.2) is 42.6 Å². The van der Waals surface area contributed by atoms with Crippen molar-refractivity contribution in [2.75, 3.05) is 19.7 Å². The van der Waals surface area contributed by atoms with Crippen molar-refractivity contribution in [3.8, 4) is 5.75 Å². The summed E-state index contributed by atoms with van der Waals surface area (Å²) in [6, 6.07) is 11.6. The Bertz CT molecular complexity index is 855. The van der Waals surface area contributed by atoms with Gasteiger partial charge in [0, 0.05) is 37.1 Å². The molecule has 2 amide bonds. The van der Waals surface area contributed by atoms with Gasteiger partial charge in [-0.05, 0) is 62.1 Å². The Labute approximate surface area is 185 Å². The molecule has 0 unspecified atom stereocenters. The molecule has 2 aromatic rings. The van der Waals surface area contributed by atoms with Crippen LogP contribution in [0.1, 0.15) is 62.0 Å². The van der Waals surface area contributed by atoms with E-state index in [4.69, 9.17) is 4.74 Å². The highest BCUT2D eigenvalue weighted by Gasteiger charge is 2.34. The number of rotatable bonds is 12. The van der Waals surface area contributed by atoms with Crippen molar-refractivity contribution in [2.45, 2.75) is 58.5 Å². The minimum absolute atomic E-state index is 0.0185. The predicted octanol–water partition coefficient (Wildman–Crippen LogP) is 4.25. The van der Waals surface area contributed by atoms with Crippen LogP contribution in [0.5, 0.6) is 5.75 Å². The maximum atomic E-state index is 13.2. The number of aryl methyl sites for hydroxylation is 1.